The minimum atomic E-state index is -0.271. The van der Waals surface area contributed by atoms with Crippen LogP contribution in [0.2, 0.25) is 0 Å². The highest BCUT2D eigenvalue weighted by Gasteiger charge is 2.22. The molecule has 0 aliphatic carbocycles. The van der Waals surface area contributed by atoms with E-state index in [1.54, 1.807) is 12.1 Å². The number of rotatable bonds is 6. The molecule has 0 bridgehead atoms. The summed E-state index contributed by atoms with van der Waals surface area (Å²) in [7, 11) is 0. The SMILES string of the molecule is C/C(=C\C(=C/N)c1ccc2c(n1)C(c1cc3c(-c4ccccc4F)cccc3[nH]1)=NCN2)NC(=O)CC(C)(C)C. The number of carbonyl (C=O) groups is 1. The molecule has 2 aromatic carbocycles. The second-order valence-electron chi connectivity index (χ2n) is 11.1. The number of halogens is 1. The molecule has 0 atom stereocenters. The number of hydrogen-bond donors (Lipinski definition) is 4. The van der Waals surface area contributed by atoms with Gasteiger partial charge in [0.15, 0.2) is 0 Å². The van der Waals surface area contributed by atoms with Crippen molar-refractivity contribution in [3.05, 3.63) is 102 Å². The third-order valence-corrected chi connectivity index (χ3v) is 6.58. The van der Waals surface area contributed by atoms with E-state index in [9.17, 15) is 9.18 Å². The molecule has 1 aliphatic heterocycles. The van der Waals surface area contributed by atoms with Crippen LogP contribution in [0.15, 0.2) is 83.6 Å². The number of aromatic amines is 1. The van der Waals surface area contributed by atoms with Gasteiger partial charge < -0.3 is 21.4 Å². The summed E-state index contributed by atoms with van der Waals surface area (Å²) in [5, 5.41) is 7.11. The van der Waals surface area contributed by atoms with Crippen molar-refractivity contribution < 1.29 is 9.18 Å². The monoisotopic (exact) mass is 536 g/mol. The third kappa shape index (κ3) is 5.66. The van der Waals surface area contributed by atoms with Gasteiger partial charge in [0.05, 0.1) is 17.1 Å². The van der Waals surface area contributed by atoms with Crippen molar-refractivity contribution >= 4 is 33.8 Å². The summed E-state index contributed by atoms with van der Waals surface area (Å²) in [6, 6.07) is 18.4. The van der Waals surface area contributed by atoms with Gasteiger partial charge in [-0.25, -0.2) is 9.37 Å². The number of fused-ring (bicyclic) bond motifs is 2. The van der Waals surface area contributed by atoms with Crippen molar-refractivity contribution in [1.82, 2.24) is 15.3 Å². The summed E-state index contributed by atoms with van der Waals surface area (Å²) in [6.07, 6.45) is 3.70. The van der Waals surface area contributed by atoms with Crippen LogP contribution in [0, 0.1) is 11.2 Å². The Bertz CT molecular complexity index is 1690. The minimum Gasteiger partial charge on any atom is -0.404 e. The lowest BCUT2D eigenvalue weighted by Gasteiger charge is -2.19. The second-order valence-corrected chi connectivity index (χ2v) is 11.1. The van der Waals surface area contributed by atoms with E-state index in [1.165, 1.54) is 12.3 Å². The molecule has 1 aliphatic rings. The van der Waals surface area contributed by atoms with Gasteiger partial charge in [-0.2, -0.15) is 0 Å². The van der Waals surface area contributed by atoms with Crippen molar-refractivity contribution in [2.24, 2.45) is 16.1 Å². The molecule has 0 spiro atoms. The number of pyridine rings is 1. The largest absolute Gasteiger partial charge is 0.404 e. The van der Waals surface area contributed by atoms with Gasteiger partial charge in [0.25, 0.3) is 0 Å². The van der Waals surface area contributed by atoms with Gasteiger partial charge in [-0.3, -0.25) is 9.79 Å². The maximum absolute atomic E-state index is 14.7. The van der Waals surface area contributed by atoms with Crippen LogP contribution in [-0.4, -0.2) is 28.3 Å². The van der Waals surface area contributed by atoms with E-state index in [-0.39, 0.29) is 17.1 Å². The average molecular weight is 537 g/mol. The van der Waals surface area contributed by atoms with Crippen LogP contribution >= 0.6 is 0 Å². The molecular formula is C32H33FN6O. The van der Waals surface area contributed by atoms with E-state index < -0.39 is 0 Å². The number of nitrogens with zero attached hydrogens (tertiary/aromatic N) is 2. The average Bonchev–Trinajstić information content (AvgIpc) is 3.35. The van der Waals surface area contributed by atoms with Crippen molar-refractivity contribution in [2.45, 2.75) is 34.1 Å². The van der Waals surface area contributed by atoms with Gasteiger partial charge in [0.1, 0.15) is 23.9 Å². The number of hydrogen-bond acceptors (Lipinski definition) is 5. The van der Waals surface area contributed by atoms with E-state index in [1.807, 2.05) is 76.2 Å². The first-order valence-corrected chi connectivity index (χ1v) is 13.2. The first-order chi connectivity index (χ1) is 19.1. The lowest BCUT2D eigenvalue weighted by molar-refractivity contribution is -0.122. The Morgan fingerprint density at radius 2 is 1.88 bits per heavy atom. The number of benzene rings is 2. The molecule has 3 heterocycles. The molecule has 0 unspecified atom stereocenters. The maximum Gasteiger partial charge on any atom is 0.224 e. The number of aliphatic imine (C=N–C) groups is 1. The molecule has 0 saturated carbocycles. The summed E-state index contributed by atoms with van der Waals surface area (Å²) < 4.78 is 14.7. The number of amides is 1. The molecule has 204 valence electrons. The lowest BCUT2D eigenvalue weighted by Crippen LogP contribution is -2.26. The minimum absolute atomic E-state index is 0.0526. The highest BCUT2D eigenvalue weighted by molar-refractivity contribution is 6.17. The number of nitrogens with two attached hydrogens (primary N) is 1. The van der Waals surface area contributed by atoms with Gasteiger partial charge in [-0.15, -0.1) is 0 Å². The van der Waals surface area contributed by atoms with Gasteiger partial charge in [0, 0.05) is 40.4 Å². The van der Waals surface area contributed by atoms with Crippen molar-refractivity contribution in [3.8, 4) is 11.1 Å². The summed E-state index contributed by atoms with van der Waals surface area (Å²) in [6.45, 7) is 8.30. The molecule has 40 heavy (non-hydrogen) atoms. The molecular weight excluding hydrogens is 503 g/mol. The van der Waals surface area contributed by atoms with Gasteiger partial charge in [-0.05, 0) is 54.3 Å². The number of carbonyl (C=O) groups excluding carboxylic acids is 1. The van der Waals surface area contributed by atoms with Crippen LogP contribution < -0.4 is 16.4 Å². The van der Waals surface area contributed by atoms with Gasteiger partial charge >= 0.3 is 0 Å². The van der Waals surface area contributed by atoms with Crippen LogP contribution in [0.25, 0.3) is 27.6 Å². The summed E-state index contributed by atoms with van der Waals surface area (Å²) >= 11 is 0. The first kappa shape index (κ1) is 26.9. The molecule has 7 nitrogen and oxygen atoms in total. The van der Waals surface area contributed by atoms with Crippen LogP contribution in [-0.2, 0) is 4.79 Å². The first-order valence-electron chi connectivity index (χ1n) is 13.2. The Labute approximate surface area is 233 Å². The predicted molar refractivity (Wildman–Crippen MR) is 160 cm³/mol. The fourth-order valence-corrected chi connectivity index (χ4v) is 4.85. The van der Waals surface area contributed by atoms with Crippen LogP contribution in [0.1, 0.15) is 51.2 Å². The fraction of sp³-hybridized carbons (Fsp3) is 0.219. The summed E-state index contributed by atoms with van der Waals surface area (Å²) in [5.41, 5.74) is 13.1. The number of anilines is 1. The smallest absolute Gasteiger partial charge is 0.224 e. The molecule has 8 heteroatoms. The van der Waals surface area contributed by atoms with E-state index >= 15 is 0 Å². The number of H-pyrrole nitrogens is 1. The standard InChI is InChI=1S/C32H33FN6O/c1-19(37-29(40)16-32(2,3)4)14-20(17-34)25-12-13-27-31(39-25)30(36-18-35-27)28-15-23-21(9-7-11-26(23)38-28)22-8-5-6-10-24(22)33/h5-15,17,35,38H,16,18,34H2,1-4H3,(H,37,40)/b19-14+,20-17+. The predicted octanol–water partition coefficient (Wildman–Crippen LogP) is 6.35. The van der Waals surface area contributed by atoms with Crippen LogP contribution in [0.4, 0.5) is 10.1 Å². The van der Waals surface area contributed by atoms with Crippen molar-refractivity contribution in [2.75, 3.05) is 12.0 Å². The zero-order chi connectivity index (χ0) is 28.4. The van der Waals surface area contributed by atoms with Gasteiger partial charge in [0.2, 0.25) is 5.91 Å². The lowest BCUT2D eigenvalue weighted by atomic mass is 9.92. The molecule has 2 aromatic heterocycles. The topological polar surface area (TPSA) is 108 Å². The Hall–Kier alpha value is -4.72. The molecule has 0 radical (unpaired) electrons. The second kappa shape index (κ2) is 10.8. The number of nitrogens with one attached hydrogen (secondary N) is 3. The molecule has 1 amide bonds. The maximum atomic E-state index is 14.7. The van der Waals surface area contributed by atoms with Gasteiger partial charge in [-0.1, -0.05) is 51.1 Å². The third-order valence-electron chi connectivity index (χ3n) is 6.58. The molecule has 0 saturated heterocycles. The summed E-state index contributed by atoms with van der Waals surface area (Å²) in [5.74, 6) is -0.323. The Morgan fingerprint density at radius 1 is 1.10 bits per heavy atom. The van der Waals surface area contributed by atoms with E-state index in [2.05, 4.69) is 15.6 Å². The summed E-state index contributed by atoms with van der Waals surface area (Å²) in [4.78, 5) is 25.5. The normalized spacial score (nSPS) is 14.0. The molecule has 5 N–H and O–H groups in total. The highest BCUT2D eigenvalue weighted by atomic mass is 19.1. The number of aromatic nitrogens is 2. The number of allylic oxidation sites excluding steroid dienone is 3. The van der Waals surface area contributed by atoms with Crippen LogP contribution in [0.3, 0.4) is 0 Å². The van der Waals surface area contributed by atoms with Crippen LogP contribution in [0.5, 0.6) is 0 Å². The molecule has 0 fully saturated rings. The molecule has 5 rings (SSSR count). The van der Waals surface area contributed by atoms with E-state index in [0.29, 0.717) is 47.0 Å². The fourth-order valence-electron chi connectivity index (χ4n) is 4.85. The molecule has 4 aromatic rings. The van der Waals surface area contributed by atoms with E-state index in [4.69, 9.17) is 15.7 Å². The van der Waals surface area contributed by atoms with E-state index in [0.717, 1.165) is 27.8 Å². The highest BCUT2D eigenvalue weighted by Crippen LogP contribution is 2.33. The van der Waals surface area contributed by atoms with Crippen molar-refractivity contribution in [3.63, 3.8) is 0 Å². The Balaban J connectivity index is 1.49. The quantitative estimate of drug-likeness (QED) is 0.216. The Kier molecular flexibility index (Phi) is 7.26. The Morgan fingerprint density at radius 3 is 2.62 bits per heavy atom. The van der Waals surface area contributed by atoms with Crippen molar-refractivity contribution in [1.29, 1.82) is 0 Å². The zero-order valence-electron chi connectivity index (χ0n) is 23.1. The zero-order valence-corrected chi connectivity index (χ0v) is 23.1.